The van der Waals surface area contributed by atoms with Crippen molar-refractivity contribution in [1.82, 2.24) is 10.2 Å². The van der Waals surface area contributed by atoms with Crippen molar-refractivity contribution in [3.8, 4) is 0 Å². The first-order chi connectivity index (χ1) is 10.0. The molecule has 1 amide bonds. The molecule has 3 atom stereocenters. The molecule has 3 unspecified atom stereocenters. The van der Waals surface area contributed by atoms with Gasteiger partial charge in [0.1, 0.15) is 0 Å². The molecule has 1 aliphatic carbocycles. The van der Waals surface area contributed by atoms with Crippen LogP contribution in [-0.2, 0) is 4.79 Å². The van der Waals surface area contributed by atoms with Crippen LogP contribution in [0.1, 0.15) is 44.2 Å². The van der Waals surface area contributed by atoms with E-state index in [1.165, 1.54) is 12.8 Å². The molecule has 3 nitrogen and oxygen atoms in total. The lowest BCUT2D eigenvalue weighted by Crippen LogP contribution is -2.46. The summed E-state index contributed by atoms with van der Waals surface area (Å²) in [6, 6.07) is 8.52. The van der Waals surface area contributed by atoms with Gasteiger partial charge in [0, 0.05) is 24.0 Å². The van der Waals surface area contributed by atoms with Gasteiger partial charge < -0.3 is 10.2 Å². The van der Waals surface area contributed by atoms with E-state index in [1.54, 1.807) is 6.92 Å². The zero-order valence-electron chi connectivity index (χ0n) is 13.1. The summed E-state index contributed by atoms with van der Waals surface area (Å²) in [6.07, 6.45) is 4.58. The normalized spacial score (nSPS) is 23.9. The fourth-order valence-electron chi connectivity index (χ4n) is 3.58. The van der Waals surface area contributed by atoms with Gasteiger partial charge in [-0.3, -0.25) is 4.79 Å². The van der Waals surface area contributed by atoms with E-state index in [2.05, 4.69) is 30.4 Å². The number of benzene rings is 1. The lowest BCUT2D eigenvalue weighted by molar-refractivity contribution is -0.120. The molecule has 1 aromatic rings. The van der Waals surface area contributed by atoms with E-state index in [4.69, 9.17) is 11.6 Å². The summed E-state index contributed by atoms with van der Waals surface area (Å²) in [5.74, 6) is 0.459. The van der Waals surface area contributed by atoms with Gasteiger partial charge in [0.05, 0.1) is 0 Å². The maximum Gasteiger partial charge on any atom is 0.217 e. The Morgan fingerprint density at radius 3 is 2.57 bits per heavy atom. The predicted molar refractivity (Wildman–Crippen MR) is 87.4 cm³/mol. The van der Waals surface area contributed by atoms with Gasteiger partial charge in [0.25, 0.3) is 0 Å². The second kappa shape index (κ2) is 7.28. The summed E-state index contributed by atoms with van der Waals surface area (Å²) in [5.41, 5.74) is 1.16. The zero-order valence-corrected chi connectivity index (χ0v) is 13.9. The van der Waals surface area contributed by atoms with Crippen LogP contribution in [0.3, 0.4) is 0 Å². The Bertz CT molecular complexity index is 489. The third-order valence-electron chi connectivity index (χ3n) is 4.39. The summed E-state index contributed by atoms with van der Waals surface area (Å²) >= 11 is 6.42. The quantitative estimate of drug-likeness (QED) is 0.921. The molecule has 1 aromatic carbocycles. The van der Waals surface area contributed by atoms with Crippen molar-refractivity contribution < 1.29 is 4.79 Å². The smallest absolute Gasteiger partial charge is 0.217 e. The average molecular weight is 309 g/mol. The Labute approximate surface area is 132 Å². The first-order valence-corrected chi connectivity index (χ1v) is 8.06. The molecule has 0 spiro atoms. The van der Waals surface area contributed by atoms with Crippen LogP contribution in [0.5, 0.6) is 0 Å². The monoisotopic (exact) mass is 308 g/mol. The van der Waals surface area contributed by atoms with Crippen LogP contribution in [0.2, 0.25) is 5.02 Å². The molecular weight excluding hydrogens is 284 g/mol. The van der Waals surface area contributed by atoms with Crippen LogP contribution < -0.4 is 5.32 Å². The molecule has 0 radical (unpaired) electrons. The second-order valence-corrected chi connectivity index (χ2v) is 6.59. The van der Waals surface area contributed by atoms with Crippen LogP contribution in [0.25, 0.3) is 0 Å². The maximum atomic E-state index is 11.5. The molecule has 0 aliphatic heterocycles. The molecule has 4 heteroatoms. The number of carbonyl (C=O) groups excluding carboxylic acids is 1. The van der Waals surface area contributed by atoms with E-state index in [-0.39, 0.29) is 18.0 Å². The van der Waals surface area contributed by atoms with E-state index in [1.807, 2.05) is 18.2 Å². The number of rotatable bonds is 4. The van der Waals surface area contributed by atoms with Crippen molar-refractivity contribution in [2.45, 2.75) is 44.7 Å². The summed E-state index contributed by atoms with van der Waals surface area (Å²) in [4.78, 5) is 13.7. The van der Waals surface area contributed by atoms with Gasteiger partial charge in [0.2, 0.25) is 5.91 Å². The first-order valence-electron chi connectivity index (χ1n) is 7.68. The molecule has 0 bridgehead atoms. The Balaban J connectivity index is 2.31. The number of amides is 1. The molecule has 0 saturated heterocycles. The van der Waals surface area contributed by atoms with Crippen molar-refractivity contribution in [3.05, 3.63) is 34.9 Å². The van der Waals surface area contributed by atoms with Crippen molar-refractivity contribution in [1.29, 1.82) is 0 Å². The molecular formula is C17H25ClN2O. The van der Waals surface area contributed by atoms with Crippen molar-refractivity contribution in [2.24, 2.45) is 5.92 Å². The summed E-state index contributed by atoms with van der Waals surface area (Å²) in [6.45, 7) is 1.60. The fraction of sp³-hybridized carbons (Fsp3) is 0.588. The molecule has 0 aromatic heterocycles. The number of hydrogen-bond donors (Lipinski definition) is 1. The van der Waals surface area contributed by atoms with Crippen LogP contribution in [0.15, 0.2) is 24.3 Å². The summed E-state index contributed by atoms with van der Waals surface area (Å²) in [7, 11) is 4.18. The zero-order chi connectivity index (χ0) is 15.4. The maximum absolute atomic E-state index is 11.5. The Morgan fingerprint density at radius 1 is 1.29 bits per heavy atom. The minimum absolute atomic E-state index is 0.0589. The predicted octanol–water partition coefficient (Wildman–Crippen LogP) is 3.64. The van der Waals surface area contributed by atoms with Gasteiger partial charge in [0.15, 0.2) is 0 Å². The van der Waals surface area contributed by atoms with E-state index in [0.717, 1.165) is 23.4 Å². The minimum atomic E-state index is 0.0589. The topological polar surface area (TPSA) is 32.3 Å². The minimum Gasteiger partial charge on any atom is -0.353 e. The third kappa shape index (κ3) is 3.98. The highest BCUT2D eigenvalue weighted by Crippen LogP contribution is 2.39. The summed E-state index contributed by atoms with van der Waals surface area (Å²) < 4.78 is 0. The van der Waals surface area contributed by atoms with Crippen LogP contribution in [0, 0.1) is 5.92 Å². The number of halogens is 1. The van der Waals surface area contributed by atoms with Gasteiger partial charge >= 0.3 is 0 Å². The van der Waals surface area contributed by atoms with Gasteiger partial charge in [-0.05, 0) is 44.5 Å². The van der Waals surface area contributed by atoms with Crippen molar-refractivity contribution in [3.63, 3.8) is 0 Å². The largest absolute Gasteiger partial charge is 0.353 e. The van der Waals surface area contributed by atoms with Crippen molar-refractivity contribution >= 4 is 17.5 Å². The molecule has 2 rings (SSSR count). The Hall–Kier alpha value is -1.06. The lowest BCUT2D eigenvalue weighted by Gasteiger charge is -2.41. The van der Waals surface area contributed by atoms with Gasteiger partial charge in [-0.2, -0.15) is 0 Å². The fourth-order valence-corrected chi connectivity index (χ4v) is 3.83. The molecule has 116 valence electrons. The second-order valence-electron chi connectivity index (χ2n) is 6.19. The molecule has 1 saturated carbocycles. The number of nitrogens with zero attached hydrogens (tertiary/aromatic N) is 1. The third-order valence-corrected chi connectivity index (χ3v) is 4.74. The molecule has 1 aliphatic rings. The standard InChI is InChI=1S/C17H25ClN2O/c1-12(21)19-16-11-7-5-9-14(16)17(20(2)3)13-8-4-6-10-15(13)18/h4,6,8,10,14,16-17H,5,7,9,11H2,1-3H3,(H,19,21). The van der Waals surface area contributed by atoms with Gasteiger partial charge in [-0.25, -0.2) is 0 Å². The van der Waals surface area contributed by atoms with E-state index in [0.29, 0.717) is 5.92 Å². The SMILES string of the molecule is CC(=O)NC1CCCCC1C(c1ccccc1Cl)N(C)C. The Kier molecular flexibility index (Phi) is 5.65. The van der Waals surface area contributed by atoms with Gasteiger partial charge in [-0.1, -0.05) is 42.6 Å². The first kappa shape index (κ1) is 16.3. The number of nitrogens with one attached hydrogen (secondary N) is 1. The van der Waals surface area contributed by atoms with E-state index < -0.39 is 0 Å². The van der Waals surface area contributed by atoms with E-state index >= 15 is 0 Å². The van der Waals surface area contributed by atoms with Crippen molar-refractivity contribution in [2.75, 3.05) is 14.1 Å². The number of hydrogen-bond acceptors (Lipinski definition) is 2. The van der Waals surface area contributed by atoms with Crippen LogP contribution in [-0.4, -0.2) is 30.9 Å². The Morgan fingerprint density at radius 2 is 1.95 bits per heavy atom. The highest BCUT2D eigenvalue weighted by Gasteiger charge is 2.35. The van der Waals surface area contributed by atoms with Crippen LogP contribution in [0.4, 0.5) is 0 Å². The number of carbonyl (C=O) groups is 1. The molecule has 21 heavy (non-hydrogen) atoms. The van der Waals surface area contributed by atoms with Gasteiger partial charge in [-0.15, -0.1) is 0 Å². The summed E-state index contributed by atoms with van der Waals surface area (Å²) in [5, 5.41) is 3.96. The van der Waals surface area contributed by atoms with E-state index in [9.17, 15) is 4.79 Å². The highest BCUT2D eigenvalue weighted by molar-refractivity contribution is 6.31. The lowest BCUT2D eigenvalue weighted by atomic mass is 9.77. The molecule has 1 N–H and O–H groups in total. The van der Waals surface area contributed by atoms with Crippen LogP contribution >= 0.6 is 11.6 Å². The molecule has 1 fully saturated rings. The highest BCUT2D eigenvalue weighted by atomic mass is 35.5. The average Bonchev–Trinajstić information content (AvgIpc) is 2.42. The molecule has 0 heterocycles.